The van der Waals surface area contributed by atoms with Crippen LogP contribution < -0.4 is 4.74 Å². The summed E-state index contributed by atoms with van der Waals surface area (Å²) >= 11 is 0. The van der Waals surface area contributed by atoms with Crippen LogP contribution in [0.2, 0.25) is 0 Å². The van der Waals surface area contributed by atoms with Gasteiger partial charge in [-0.1, -0.05) is 6.07 Å². The van der Waals surface area contributed by atoms with E-state index in [1.165, 1.54) is 13.0 Å². The van der Waals surface area contributed by atoms with Crippen molar-refractivity contribution in [3.63, 3.8) is 0 Å². The highest BCUT2D eigenvalue weighted by atomic mass is 19.1. The summed E-state index contributed by atoms with van der Waals surface area (Å²) in [5.41, 5.74) is 0.518. The van der Waals surface area contributed by atoms with Gasteiger partial charge < -0.3 is 9.84 Å². The maximum Gasteiger partial charge on any atom is 0.159 e. The third-order valence-corrected chi connectivity index (χ3v) is 2.99. The zero-order valence-electron chi connectivity index (χ0n) is 11.3. The van der Waals surface area contributed by atoms with Crippen LogP contribution in [0.1, 0.15) is 28.9 Å². The average molecular weight is 292 g/mol. The minimum Gasteiger partial charge on any atom is -0.491 e. The SMILES string of the molecule is CC(=O)c1ccc(OCC(O)c2ccc(F)cc2F)cc1. The number of hydrogen-bond donors (Lipinski definition) is 1. The number of aliphatic hydroxyl groups excluding tert-OH is 1. The first-order chi connectivity index (χ1) is 9.97. The number of rotatable bonds is 5. The summed E-state index contributed by atoms with van der Waals surface area (Å²) in [7, 11) is 0. The van der Waals surface area contributed by atoms with Crippen LogP contribution in [0.25, 0.3) is 0 Å². The molecule has 2 rings (SSSR count). The lowest BCUT2D eigenvalue weighted by Gasteiger charge is -2.13. The lowest BCUT2D eigenvalue weighted by atomic mass is 10.1. The van der Waals surface area contributed by atoms with Gasteiger partial charge in [0.1, 0.15) is 30.1 Å². The van der Waals surface area contributed by atoms with Crippen molar-refractivity contribution in [3.05, 3.63) is 65.2 Å². The van der Waals surface area contributed by atoms with Crippen LogP contribution in [0.3, 0.4) is 0 Å². The Hall–Kier alpha value is -2.27. The van der Waals surface area contributed by atoms with Crippen molar-refractivity contribution in [3.8, 4) is 5.75 Å². The van der Waals surface area contributed by atoms with Crippen molar-refractivity contribution in [2.75, 3.05) is 6.61 Å². The Morgan fingerprint density at radius 2 is 1.86 bits per heavy atom. The fourth-order valence-corrected chi connectivity index (χ4v) is 1.82. The summed E-state index contributed by atoms with van der Waals surface area (Å²) in [5, 5.41) is 9.85. The van der Waals surface area contributed by atoms with Gasteiger partial charge in [-0.2, -0.15) is 0 Å². The van der Waals surface area contributed by atoms with Crippen LogP contribution in [0.5, 0.6) is 5.75 Å². The van der Waals surface area contributed by atoms with E-state index in [0.29, 0.717) is 17.4 Å². The summed E-state index contributed by atoms with van der Waals surface area (Å²) in [4.78, 5) is 11.1. The van der Waals surface area contributed by atoms with E-state index < -0.39 is 17.7 Å². The predicted octanol–water partition coefficient (Wildman–Crippen LogP) is 3.28. The Kier molecular flexibility index (Phi) is 4.65. The monoisotopic (exact) mass is 292 g/mol. The first kappa shape index (κ1) is 15.1. The zero-order chi connectivity index (χ0) is 15.4. The molecule has 0 saturated heterocycles. The van der Waals surface area contributed by atoms with Crippen LogP contribution in [0, 0.1) is 11.6 Å². The van der Waals surface area contributed by atoms with Gasteiger partial charge in [0, 0.05) is 17.2 Å². The molecule has 3 nitrogen and oxygen atoms in total. The molecule has 110 valence electrons. The predicted molar refractivity (Wildman–Crippen MR) is 73.3 cm³/mol. The van der Waals surface area contributed by atoms with Crippen molar-refractivity contribution in [1.82, 2.24) is 0 Å². The molecule has 0 aromatic heterocycles. The number of aliphatic hydroxyl groups is 1. The molecule has 21 heavy (non-hydrogen) atoms. The molecule has 2 aromatic carbocycles. The Morgan fingerprint density at radius 3 is 2.43 bits per heavy atom. The number of benzene rings is 2. The quantitative estimate of drug-likeness (QED) is 0.860. The van der Waals surface area contributed by atoms with Gasteiger partial charge in [0.2, 0.25) is 0 Å². The van der Waals surface area contributed by atoms with E-state index >= 15 is 0 Å². The highest BCUT2D eigenvalue weighted by molar-refractivity contribution is 5.94. The van der Waals surface area contributed by atoms with E-state index in [0.717, 1.165) is 6.07 Å². The van der Waals surface area contributed by atoms with Gasteiger partial charge in [-0.05, 0) is 37.3 Å². The summed E-state index contributed by atoms with van der Waals surface area (Å²) in [6, 6.07) is 9.33. The molecule has 2 aromatic rings. The lowest BCUT2D eigenvalue weighted by molar-refractivity contribution is 0.101. The standard InChI is InChI=1S/C16H14F2O3/c1-10(19)11-2-5-13(6-3-11)21-9-16(20)14-7-4-12(17)8-15(14)18/h2-8,16,20H,9H2,1H3. The molecule has 0 amide bonds. The lowest BCUT2D eigenvalue weighted by Crippen LogP contribution is -2.11. The fourth-order valence-electron chi connectivity index (χ4n) is 1.82. The summed E-state index contributed by atoms with van der Waals surface area (Å²) in [6.45, 7) is 1.28. The van der Waals surface area contributed by atoms with Crippen LogP contribution >= 0.6 is 0 Å². The molecular formula is C16H14F2O3. The van der Waals surface area contributed by atoms with Gasteiger partial charge in [-0.15, -0.1) is 0 Å². The second-order valence-corrected chi connectivity index (χ2v) is 4.57. The van der Waals surface area contributed by atoms with Crippen LogP contribution in [0.15, 0.2) is 42.5 Å². The average Bonchev–Trinajstić information content (AvgIpc) is 2.45. The maximum atomic E-state index is 13.5. The third kappa shape index (κ3) is 3.86. The maximum absolute atomic E-state index is 13.5. The smallest absolute Gasteiger partial charge is 0.159 e. The third-order valence-electron chi connectivity index (χ3n) is 2.99. The minimum absolute atomic E-state index is 0.0308. The molecule has 0 radical (unpaired) electrons. The Balaban J connectivity index is 2.00. The van der Waals surface area contributed by atoms with Crippen molar-refractivity contribution in [1.29, 1.82) is 0 Å². The van der Waals surface area contributed by atoms with Crippen molar-refractivity contribution < 1.29 is 23.4 Å². The Labute approximate surface area is 120 Å². The molecule has 0 aliphatic heterocycles. The van der Waals surface area contributed by atoms with E-state index in [1.54, 1.807) is 24.3 Å². The molecule has 0 aliphatic rings. The number of ketones is 1. The molecule has 1 N–H and O–H groups in total. The number of carbonyl (C=O) groups excluding carboxylic acids is 1. The Morgan fingerprint density at radius 1 is 1.19 bits per heavy atom. The molecule has 0 spiro atoms. The molecule has 1 unspecified atom stereocenters. The molecule has 0 heterocycles. The molecule has 0 bridgehead atoms. The van der Waals surface area contributed by atoms with E-state index in [4.69, 9.17) is 4.74 Å². The van der Waals surface area contributed by atoms with Gasteiger partial charge >= 0.3 is 0 Å². The first-order valence-electron chi connectivity index (χ1n) is 6.34. The summed E-state index contributed by atoms with van der Waals surface area (Å²) in [6.07, 6.45) is -1.21. The zero-order valence-corrected chi connectivity index (χ0v) is 11.3. The number of Topliss-reactive ketones (excluding diaryl/α,β-unsaturated/α-hetero) is 1. The number of ether oxygens (including phenoxy) is 1. The number of carbonyl (C=O) groups is 1. The summed E-state index contributed by atoms with van der Waals surface area (Å²) < 4.78 is 31.6. The van der Waals surface area contributed by atoms with E-state index in [-0.39, 0.29) is 18.0 Å². The number of hydrogen-bond acceptors (Lipinski definition) is 3. The fraction of sp³-hybridized carbons (Fsp3) is 0.188. The van der Waals surface area contributed by atoms with Gasteiger partial charge in [-0.25, -0.2) is 8.78 Å². The second kappa shape index (κ2) is 6.45. The molecule has 1 atom stereocenters. The van der Waals surface area contributed by atoms with Crippen LogP contribution in [-0.4, -0.2) is 17.5 Å². The highest BCUT2D eigenvalue weighted by Crippen LogP contribution is 2.20. The summed E-state index contributed by atoms with van der Waals surface area (Å²) in [5.74, 6) is -1.14. The van der Waals surface area contributed by atoms with Gasteiger partial charge in [0.05, 0.1) is 0 Å². The normalized spacial score (nSPS) is 12.0. The van der Waals surface area contributed by atoms with Crippen molar-refractivity contribution >= 4 is 5.78 Å². The van der Waals surface area contributed by atoms with Crippen molar-refractivity contribution in [2.24, 2.45) is 0 Å². The van der Waals surface area contributed by atoms with E-state index in [9.17, 15) is 18.7 Å². The highest BCUT2D eigenvalue weighted by Gasteiger charge is 2.14. The van der Waals surface area contributed by atoms with Gasteiger partial charge in [-0.3, -0.25) is 4.79 Å². The minimum atomic E-state index is -1.21. The van der Waals surface area contributed by atoms with E-state index in [2.05, 4.69) is 0 Å². The number of halogens is 2. The second-order valence-electron chi connectivity index (χ2n) is 4.57. The molecule has 5 heteroatoms. The largest absolute Gasteiger partial charge is 0.491 e. The Bertz CT molecular complexity index is 638. The van der Waals surface area contributed by atoms with Gasteiger partial charge in [0.15, 0.2) is 5.78 Å². The van der Waals surface area contributed by atoms with Crippen LogP contribution in [-0.2, 0) is 0 Å². The molecule has 0 fully saturated rings. The van der Waals surface area contributed by atoms with Crippen molar-refractivity contribution in [2.45, 2.75) is 13.0 Å². The first-order valence-corrected chi connectivity index (χ1v) is 6.34. The van der Waals surface area contributed by atoms with Gasteiger partial charge in [0.25, 0.3) is 0 Å². The molecule has 0 aliphatic carbocycles. The van der Waals surface area contributed by atoms with E-state index in [1.807, 2.05) is 0 Å². The van der Waals surface area contributed by atoms with Crippen LogP contribution in [0.4, 0.5) is 8.78 Å². The molecular weight excluding hydrogens is 278 g/mol. The topological polar surface area (TPSA) is 46.5 Å². The molecule has 0 saturated carbocycles.